The van der Waals surface area contributed by atoms with Gasteiger partial charge in [0.15, 0.2) is 12.0 Å². The van der Waals surface area contributed by atoms with Gasteiger partial charge in [0.25, 0.3) is 5.91 Å². The molecule has 5 aromatic rings. The average molecular weight is 493 g/mol. The molecule has 0 saturated heterocycles. The van der Waals surface area contributed by atoms with Crippen LogP contribution in [0.1, 0.15) is 0 Å². The maximum Gasteiger partial charge on any atom is 0.326 e. The Hall–Kier alpha value is -4.36. The Morgan fingerprint density at radius 2 is 1.19 bits per heavy atom. The van der Waals surface area contributed by atoms with Gasteiger partial charge in [-0.25, -0.2) is 0 Å². The minimum Gasteiger partial charge on any atom is -0.454 e. The van der Waals surface area contributed by atoms with Gasteiger partial charge in [0.1, 0.15) is 6.54 Å². The number of ether oxygens (including phenoxy) is 1. The van der Waals surface area contributed by atoms with Crippen LogP contribution in [0.15, 0.2) is 112 Å². The van der Waals surface area contributed by atoms with Crippen LogP contribution in [0.5, 0.6) is 0 Å². The van der Waals surface area contributed by atoms with Crippen LogP contribution < -0.4 is 10.3 Å². The average Bonchev–Trinajstić information content (AvgIpc) is 2.92. The molecular formula is C29H20N2O4S. The molecular weight excluding hydrogens is 472 g/mol. The minimum atomic E-state index is -0.560. The number of amides is 1. The van der Waals surface area contributed by atoms with E-state index < -0.39 is 12.6 Å². The van der Waals surface area contributed by atoms with Crippen molar-refractivity contribution in [2.45, 2.75) is 16.3 Å². The van der Waals surface area contributed by atoms with E-state index >= 15 is 0 Å². The van der Waals surface area contributed by atoms with E-state index in [-0.39, 0.29) is 17.9 Å². The first-order valence-corrected chi connectivity index (χ1v) is 12.3. The number of hydrogen-bond donors (Lipinski definition) is 0. The highest BCUT2D eigenvalue weighted by Gasteiger charge is 2.28. The number of pyridine rings is 1. The summed E-state index contributed by atoms with van der Waals surface area (Å²) in [6.07, 6.45) is 0. The minimum absolute atomic E-state index is 0.0821. The highest BCUT2D eigenvalue weighted by Crippen LogP contribution is 2.47. The van der Waals surface area contributed by atoms with E-state index in [4.69, 9.17) is 4.74 Å². The van der Waals surface area contributed by atoms with Crippen LogP contribution in [0, 0.1) is 0 Å². The molecule has 0 unspecified atom stereocenters. The Balaban J connectivity index is 1.28. The predicted octanol–water partition coefficient (Wildman–Crippen LogP) is 5.53. The third-order valence-electron chi connectivity index (χ3n) is 6.20. The SMILES string of the molecule is O=C(Cn1c2ccccc2c(=O)c2ccccc21)OCC(=O)N1c2ccccc2Sc2ccccc21. The van der Waals surface area contributed by atoms with E-state index in [1.807, 2.05) is 60.7 Å². The summed E-state index contributed by atoms with van der Waals surface area (Å²) in [5.74, 6) is -0.895. The van der Waals surface area contributed by atoms with Crippen molar-refractivity contribution in [2.24, 2.45) is 0 Å². The molecule has 0 N–H and O–H groups in total. The van der Waals surface area contributed by atoms with E-state index in [0.29, 0.717) is 21.8 Å². The Kier molecular flexibility index (Phi) is 5.54. The number of nitrogens with zero attached hydrogens (tertiary/aromatic N) is 2. The van der Waals surface area contributed by atoms with Gasteiger partial charge in [0.05, 0.1) is 22.4 Å². The molecule has 0 bridgehead atoms. The van der Waals surface area contributed by atoms with Crippen LogP contribution in [0.4, 0.5) is 11.4 Å². The van der Waals surface area contributed by atoms with Gasteiger partial charge in [0, 0.05) is 20.6 Å². The fourth-order valence-electron chi connectivity index (χ4n) is 4.60. The molecule has 0 radical (unpaired) electrons. The lowest BCUT2D eigenvalue weighted by Gasteiger charge is -2.30. The summed E-state index contributed by atoms with van der Waals surface area (Å²) in [4.78, 5) is 42.8. The van der Waals surface area contributed by atoms with Crippen molar-refractivity contribution in [3.63, 3.8) is 0 Å². The number of rotatable bonds is 4. The summed E-state index contributed by atoms with van der Waals surface area (Å²) >= 11 is 1.60. The van der Waals surface area contributed by atoms with Gasteiger partial charge < -0.3 is 9.30 Å². The van der Waals surface area contributed by atoms with Gasteiger partial charge >= 0.3 is 5.97 Å². The van der Waals surface area contributed by atoms with E-state index in [2.05, 4.69) is 0 Å². The normalized spacial score (nSPS) is 12.3. The van der Waals surface area contributed by atoms with E-state index in [9.17, 15) is 14.4 Å². The third-order valence-corrected chi connectivity index (χ3v) is 7.33. The predicted molar refractivity (Wildman–Crippen MR) is 141 cm³/mol. The number of aromatic nitrogens is 1. The van der Waals surface area contributed by atoms with Crippen molar-refractivity contribution in [1.82, 2.24) is 4.57 Å². The zero-order valence-corrected chi connectivity index (χ0v) is 19.9. The van der Waals surface area contributed by atoms with Crippen LogP contribution in [0.25, 0.3) is 21.8 Å². The summed E-state index contributed by atoms with van der Waals surface area (Å²) in [5.41, 5.74) is 2.72. The number of para-hydroxylation sites is 4. The summed E-state index contributed by atoms with van der Waals surface area (Å²) in [7, 11) is 0. The van der Waals surface area contributed by atoms with Gasteiger partial charge in [0.2, 0.25) is 0 Å². The van der Waals surface area contributed by atoms with E-state index in [0.717, 1.165) is 21.2 Å². The molecule has 0 fully saturated rings. The van der Waals surface area contributed by atoms with Crippen molar-refractivity contribution in [3.8, 4) is 0 Å². The standard InChI is InChI=1S/C29H20N2O4S/c32-27(31-23-13-5-7-15-25(23)36-26-16-8-6-14-24(26)31)18-35-28(33)17-30-21-11-3-1-9-19(21)29(34)20-10-2-4-12-22(20)30/h1-16H,17-18H2. The van der Waals surface area contributed by atoms with Crippen molar-refractivity contribution in [1.29, 1.82) is 0 Å². The van der Waals surface area contributed by atoms with E-state index in [1.165, 1.54) is 0 Å². The number of anilines is 2. The molecule has 6 rings (SSSR count). The van der Waals surface area contributed by atoms with Gasteiger partial charge in [-0.2, -0.15) is 0 Å². The number of carbonyl (C=O) groups is 2. The number of carbonyl (C=O) groups excluding carboxylic acids is 2. The van der Waals surface area contributed by atoms with Crippen molar-refractivity contribution >= 4 is 56.8 Å². The molecule has 36 heavy (non-hydrogen) atoms. The van der Waals surface area contributed by atoms with Gasteiger partial charge in [-0.3, -0.25) is 19.3 Å². The summed E-state index contributed by atoms with van der Waals surface area (Å²) < 4.78 is 7.25. The van der Waals surface area contributed by atoms with Gasteiger partial charge in [-0.05, 0) is 48.5 Å². The lowest BCUT2D eigenvalue weighted by atomic mass is 10.1. The lowest BCUT2D eigenvalue weighted by Crippen LogP contribution is -2.33. The summed E-state index contributed by atoms with van der Waals surface area (Å²) in [6.45, 7) is -0.528. The number of benzene rings is 4. The van der Waals surface area contributed by atoms with Crippen LogP contribution in [0.2, 0.25) is 0 Å². The highest BCUT2D eigenvalue weighted by atomic mass is 32.2. The second-order valence-electron chi connectivity index (χ2n) is 8.38. The van der Waals surface area contributed by atoms with Crippen LogP contribution in [-0.4, -0.2) is 23.1 Å². The maximum atomic E-state index is 13.3. The van der Waals surface area contributed by atoms with Crippen LogP contribution >= 0.6 is 11.8 Å². The van der Waals surface area contributed by atoms with Crippen molar-refractivity contribution < 1.29 is 14.3 Å². The zero-order valence-electron chi connectivity index (χ0n) is 19.1. The maximum absolute atomic E-state index is 13.3. The number of hydrogen-bond acceptors (Lipinski definition) is 5. The van der Waals surface area contributed by atoms with Crippen LogP contribution in [0.3, 0.4) is 0 Å². The second-order valence-corrected chi connectivity index (χ2v) is 9.46. The molecule has 0 saturated carbocycles. The lowest BCUT2D eigenvalue weighted by molar-refractivity contribution is -0.148. The molecule has 1 amide bonds. The quantitative estimate of drug-likeness (QED) is 0.244. The molecule has 0 atom stereocenters. The molecule has 0 spiro atoms. The fourth-order valence-corrected chi connectivity index (χ4v) is 5.66. The first kappa shape index (κ1) is 22.1. The molecule has 176 valence electrons. The second kappa shape index (κ2) is 9.02. The number of esters is 1. The Labute approximate surface area is 210 Å². The smallest absolute Gasteiger partial charge is 0.326 e. The van der Waals surface area contributed by atoms with Crippen molar-refractivity contribution in [3.05, 3.63) is 107 Å². The fraction of sp³-hybridized carbons (Fsp3) is 0.0690. The molecule has 2 heterocycles. The Morgan fingerprint density at radius 3 is 1.78 bits per heavy atom. The van der Waals surface area contributed by atoms with Crippen molar-refractivity contribution in [2.75, 3.05) is 11.5 Å². The first-order chi connectivity index (χ1) is 17.6. The van der Waals surface area contributed by atoms with Gasteiger partial charge in [-0.15, -0.1) is 0 Å². The molecule has 6 nitrogen and oxygen atoms in total. The molecule has 1 aliphatic heterocycles. The van der Waals surface area contributed by atoms with Gasteiger partial charge in [-0.1, -0.05) is 60.3 Å². The molecule has 4 aromatic carbocycles. The Morgan fingerprint density at radius 1 is 0.694 bits per heavy atom. The third kappa shape index (κ3) is 3.74. The topological polar surface area (TPSA) is 68.6 Å². The Bertz CT molecular complexity index is 1620. The summed E-state index contributed by atoms with van der Waals surface area (Å²) in [5, 5.41) is 1.05. The van der Waals surface area contributed by atoms with E-state index in [1.54, 1.807) is 57.6 Å². The number of fused-ring (bicyclic) bond motifs is 4. The highest BCUT2D eigenvalue weighted by molar-refractivity contribution is 7.99. The largest absolute Gasteiger partial charge is 0.454 e. The first-order valence-electron chi connectivity index (χ1n) is 11.5. The molecule has 0 aliphatic carbocycles. The summed E-state index contributed by atoms with van der Waals surface area (Å²) in [6, 6.07) is 29.7. The molecule has 1 aromatic heterocycles. The van der Waals surface area contributed by atoms with Crippen LogP contribution in [-0.2, 0) is 20.9 Å². The zero-order chi connectivity index (χ0) is 24.6. The molecule has 1 aliphatic rings. The monoisotopic (exact) mass is 492 g/mol. The molecule has 7 heteroatoms.